The van der Waals surface area contributed by atoms with Crippen LogP contribution in [0.1, 0.15) is 28.4 Å². The van der Waals surface area contributed by atoms with Gasteiger partial charge in [0.2, 0.25) is 0 Å². The van der Waals surface area contributed by atoms with Crippen LogP contribution in [0.15, 0.2) is 60.7 Å². The third-order valence-electron chi connectivity index (χ3n) is 4.41. The molecule has 4 rings (SSSR count). The summed E-state index contributed by atoms with van der Waals surface area (Å²) in [5.74, 6) is 0.0503. The summed E-state index contributed by atoms with van der Waals surface area (Å²) in [6.45, 7) is 2.65. The van der Waals surface area contributed by atoms with Gasteiger partial charge in [-0.15, -0.1) is 0 Å². The topological polar surface area (TPSA) is 20.3 Å². The second kappa shape index (κ2) is 5.40. The molecule has 0 saturated carbocycles. The van der Waals surface area contributed by atoms with Gasteiger partial charge in [-0.05, 0) is 47.0 Å². The maximum atomic E-state index is 13.1. The molecule has 23 heavy (non-hydrogen) atoms. The number of amides is 1. The van der Waals surface area contributed by atoms with Crippen LogP contribution in [0.3, 0.4) is 0 Å². The number of carbonyl (C=O) groups excluding carboxylic acids is 1. The molecule has 0 N–H and O–H groups in total. The van der Waals surface area contributed by atoms with Crippen LogP contribution in [0, 0.1) is 0 Å². The highest BCUT2D eigenvalue weighted by Crippen LogP contribution is 2.34. The van der Waals surface area contributed by atoms with Crippen molar-refractivity contribution in [3.63, 3.8) is 0 Å². The molecule has 1 aliphatic carbocycles. The zero-order valence-corrected chi connectivity index (χ0v) is 13.0. The van der Waals surface area contributed by atoms with Crippen LogP contribution >= 0.6 is 0 Å². The minimum Gasteiger partial charge on any atom is -0.309 e. The van der Waals surface area contributed by atoms with Crippen molar-refractivity contribution in [1.29, 1.82) is 0 Å². The lowest BCUT2D eigenvalue weighted by atomic mass is 9.98. The highest BCUT2D eigenvalue weighted by atomic mass is 16.2. The van der Waals surface area contributed by atoms with Crippen LogP contribution in [0.5, 0.6) is 0 Å². The fourth-order valence-electron chi connectivity index (χ4n) is 3.30. The van der Waals surface area contributed by atoms with E-state index >= 15 is 0 Å². The Morgan fingerprint density at radius 1 is 0.870 bits per heavy atom. The van der Waals surface area contributed by atoms with Crippen molar-refractivity contribution in [2.45, 2.75) is 6.92 Å². The molecule has 3 aromatic rings. The number of anilines is 1. The Morgan fingerprint density at radius 3 is 2.35 bits per heavy atom. The maximum absolute atomic E-state index is 13.1. The van der Waals surface area contributed by atoms with Crippen molar-refractivity contribution in [3.8, 4) is 0 Å². The first kappa shape index (κ1) is 13.8. The number of benzene rings is 3. The molecule has 1 amide bonds. The van der Waals surface area contributed by atoms with Gasteiger partial charge in [-0.25, -0.2) is 0 Å². The van der Waals surface area contributed by atoms with Crippen molar-refractivity contribution >= 4 is 34.5 Å². The van der Waals surface area contributed by atoms with Crippen LogP contribution in [0.25, 0.3) is 22.9 Å². The van der Waals surface area contributed by atoms with E-state index in [1.54, 1.807) is 0 Å². The smallest absolute Gasteiger partial charge is 0.258 e. The molecule has 0 saturated heterocycles. The predicted octanol–water partition coefficient (Wildman–Crippen LogP) is 4.99. The number of hydrogen-bond acceptors (Lipinski definition) is 1. The third-order valence-corrected chi connectivity index (χ3v) is 4.41. The molecule has 0 spiro atoms. The number of para-hydroxylation sites is 1. The summed E-state index contributed by atoms with van der Waals surface area (Å²) in [6, 6.07) is 20.0. The highest BCUT2D eigenvalue weighted by Gasteiger charge is 2.20. The molecule has 0 radical (unpaired) electrons. The molecule has 0 fully saturated rings. The van der Waals surface area contributed by atoms with Crippen molar-refractivity contribution in [3.05, 3.63) is 77.4 Å². The Hall–Kier alpha value is -2.87. The quantitative estimate of drug-likeness (QED) is 0.522. The Labute approximate surface area is 135 Å². The van der Waals surface area contributed by atoms with Crippen LogP contribution < -0.4 is 4.90 Å². The van der Waals surface area contributed by atoms with Crippen LogP contribution in [-0.2, 0) is 0 Å². The lowest BCUT2D eigenvalue weighted by Crippen LogP contribution is -2.30. The highest BCUT2D eigenvalue weighted by molar-refractivity contribution is 6.18. The predicted molar refractivity (Wildman–Crippen MR) is 96.7 cm³/mol. The molecule has 112 valence electrons. The average molecular weight is 299 g/mol. The summed E-state index contributed by atoms with van der Waals surface area (Å²) in [5, 5.41) is 2.21. The van der Waals surface area contributed by atoms with Gasteiger partial charge in [0.15, 0.2) is 0 Å². The van der Waals surface area contributed by atoms with E-state index in [1.165, 1.54) is 16.5 Å². The molecule has 0 aromatic heterocycles. The molecule has 0 bridgehead atoms. The van der Waals surface area contributed by atoms with E-state index in [4.69, 9.17) is 0 Å². The summed E-state index contributed by atoms with van der Waals surface area (Å²) >= 11 is 0. The summed E-state index contributed by atoms with van der Waals surface area (Å²) in [6.07, 6.45) is 4.22. The van der Waals surface area contributed by atoms with Gasteiger partial charge in [0, 0.05) is 17.8 Å². The van der Waals surface area contributed by atoms with Crippen molar-refractivity contribution in [2.75, 3.05) is 11.4 Å². The van der Waals surface area contributed by atoms with Crippen LogP contribution in [0.2, 0.25) is 0 Å². The summed E-state index contributed by atoms with van der Waals surface area (Å²) in [5.41, 5.74) is 4.08. The first-order valence-electron chi connectivity index (χ1n) is 7.90. The molecule has 3 aromatic carbocycles. The minimum atomic E-state index is 0.0503. The number of rotatable bonds is 3. The van der Waals surface area contributed by atoms with E-state index in [-0.39, 0.29) is 5.91 Å². The van der Waals surface area contributed by atoms with Gasteiger partial charge in [-0.2, -0.15) is 0 Å². The first-order valence-corrected chi connectivity index (χ1v) is 7.90. The first-order chi connectivity index (χ1) is 11.3. The van der Waals surface area contributed by atoms with E-state index in [9.17, 15) is 4.79 Å². The van der Waals surface area contributed by atoms with E-state index < -0.39 is 0 Å². The molecule has 0 aliphatic heterocycles. The largest absolute Gasteiger partial charge is 0.309 e. The second-order valence-corrected chi connectivity index (χ2v) is 5.69. The molecule has 0 unspecified atom stereocenters. The fourth-order valence-corrected chi connectivity index (χ4v) is 3.30. The Morgan fingerprint density at radius 2 is 1.61 bits per heavy atom. The van der Waals surface area contributed by atoms with Crippen molar-refractivity contribution in [2.24, 2.45) is 0 Å². The number of nitrogens with zero attached hydrogens (tertiary/aromatic N) is 1. The van der Waals surface area contributed by atoms with Crippen molar-refractivity contribution < 1.29 is 4.79 Å². The van der Waals surface area contributed by atoms with Crippen molar-refractivity contribution in [1.82, 2.24) is 0 Å². The van der Waals surface area contributed by atoms with Gasteiger partial charge in [0.05, 0.1) is 0 Å². The zero-order chi connectivity index (χ0) is 15.8. The van der Waals surface area contributed by atoms with Gasteiger partial charge in [-0.1, -0.05) is 54.6 Å². The van der Waals surface area contributed by atoms with Gasteiger partial charge >= 0.3 is 0 Å². The van der Waals surface area contributed by atoms with E-state index in [1.807, 2.05) is 66.4 Å². The third kappa shape index (κ3) is 2.15. The van der Waals surface area contributed by atoms with Crippen LogP contribution in [-0.4, -0.2) is 12.5 Å². The lowest BCUT2D eigenvalue weighted by molar-refractivity contribution is 0.0990. The maximum Gasteiger partial charge on any atom is 0.258 e. The van der Waals surface area contributed by atoms with E-state index in [2.05, 4.69) is 18.2 Å². The van der Waals surface area contributed by atoms with E-state index in [0.29, 0.717) is 6.54 Å². The SMILES string of the molecule is CCN(C(=O)c1ccc2c3c(cccc13)C=C2)c1ccccc1. The van der Waals surface area contributed by atoms with E-state index in [0.717, 1.165) is 16.6 Å². The zero-order valence-electron chi connectivity index (χ0n) is 13.0. The molecule has 0 heterocycles. The van der Waals surface area contributed by atoms with Gasteiger partial charge in [-0.3, -0.25) is 4.79 Å². The lowest BCUT2D eigenvalue weighted by Gasteiger charge is -2.22. The Balaban J connectivity index is 1.85. The van der Waals surface area contributed by atoms with Gasteiger partial charge < -0.3 is 4.90 Å². The molecule has 2 nitrogen and oxygen atoms in total. The molecular weight excluding hydrogens is 282 g/mol. The van der Waals surface area contributed by atoms with Gasteiger partial charge in [0.25, 0.3) is 5.91 Å². The Bertz CT molecular complexity index is 913. The second-order valence-electron chi connectivity index (χ2n) is 5.69. The average Bonchev–Trinajstić information content (AvgIpc) is 3.02. The summed E-state index contributed by atoms with van der Waals surface area (Å²) in [7, 11) is 0. The molecule has 0 atom stereocenters. The number of hydrogen-bond donors (Lipinski definition) is 0. The fraction of sp³-hybridized carbons (Fsp3) is 0.0952. The van der Waals surface area contributed by atoms with Crippen LogP contribution in [0.4, 0.5) is 5.69 Å². The minimum absolute atomic E-state index is 0.0503. The Kier molecular flexibility index (Phi) is 3.23. The summed E-state index contributed by atoms with van der Waals surface area (Å²) < 4.78 is 0. The number of carbonyl (C=O) groups is 1. The molecule has 1 aliphatic rings. The normalized spacial score (nSPS) is 11.9. The molecule has 2 heteroatoms. The molecular formula is C21H17NO. The van der Waals surface area contributed by atoms with Gasteiger partial charge in [0.1, 0.15) is 0 Å². The standard InChI is InChI=1S/C21H17NO/c1-2-22(17-8-4-3-5-9-17)21(23)19-14-13-16-12-11-15-7-6-10-18(19)20(15)16/h3-14H,2H2,1H3. The summed E-state index contributed by atoms with van der Waals surface area (Å²) in [4.78, 5) is 15.0. The monoisotopic (exact) mass is 299 g/mol.